The molecule has 0 aromatic heterocycles. The lowest BCUT2D eigenvalue weighted by atomic mass is 9.99. The standard InChI is InChI=1S/C34H62N2O8/c1-3-5-7-9-11-13-14-15-16-18-20-22-24-35-33(42)27(36-29(38)23-21-19-17-12-10-8-6-4-2)26-43-34-32(41)31(40)30(39)28(25-37)44-34/h2,27-28,30-32,34,37,39-41H,3,5-26H2,1H3,(H,35,42)(H,36,38)/t27-,28+,30-,31-,32+,34-/m0/s1. The number of terminal acetylenes is 1. The summed E-state index contributed by atoms with van der Waals surface area (Å²) < 4.78 is 11.0. The molecule has 0 aliphatic carbocycles. The third kappa shape index (κ3) is 18.3. The first-order chi connectivity index (χ1) is 21.3. The topological polar surface area (TPSA) is 158 Å². The number of amides is 2. The predicted molar refractivity (Wildman–Crippen MR) is 172 cm³/mol. The monoisotopic (exact) mass is 626 g/mol. The van der Waals surface area contributed by atoms with Crippen molar-refractivity contribution in [2.45, 2.75) is 172 Å². The highest BCUT2D eigenvalue weighted by Crippen LogP contribution is 2.22. The van der Waals surface area contributed by atoms with Crippen LogP contribution in [0.15, 0.2) is 0 Å². The van der Waals surface area contributed by atoms with E-state index in [9.17, 15) is 30.0 Å². The summed E-state index contributed by atoms with van der Waals surface area (Å²) in [6.45, 7) is 1.81. The molecule has 0 aromatic carbocycles. The zero-order chi connectivity index (χ0) is 32.4. The van der Waals surface area contributed by atoms with E-state index in [0.29, 0.717) is 13.0 Å². The van der Waals surface area contributed by atoms with Gasteiger partial charge >= 0.3 is 0 Å². The highest BCUT2D eigenvalue weighted by molar-refractivity contribution is 5.87. The van der Waals surface area contributed by atoms with Crippen LogP contribution in [0.1, 0.15) is 135 Å². The van der Waals surface area contributed by atoms with Crippen LogP contribution in [0.4, 0.5) is 0 Å². The Labute approximate surface area is 266 Å². The van der Waals surface area contributed by atoms with Crippen molar-refractivity contribution in [1.29, 1.82) is 0 Å². The van der Waals surface area contributed by atoms with E-state index in [1.165, 1.54) is 57.8 Å². The number of aliphatic hydroxyl groups excluding tert-OH is 4. The van der Waals surface area contributed by atoms with Gasteiger partial charge in [-0.05, 0) is 19.3 Å². The number of carbonyl (C=O) groups excluding carboxylic acids is 2. The van der Waals surface area contributed by atoms with Gasteiger partial charge in [0.05, 0.1) is 13.2 Å². The van der Waals surface area contributed by atoms with Crippen LogP contribution in [0.25, 0.3) is 0 Å². The van der Waals surface area contributed by atoms with E-state index in [-0.39, 0.29) is 18.9 Å². The maximum absolute atomic E-state index is 13.0. The van der Waals surface area contributed by atoms with E-state index in [0.717, 1.165) is 57.8 Å². The number of aliphatic hydroxyl groups is 4. The van der Waals surface area contributed by atoms with Crippen molar-refractivity contribution in [1.82, 2.24) is 10.6 Å². The molecular weight excluding hydrogens is 564 g/mol. The van der Waals surface area contributed by atoms with Gasteiger partial charge in [0.25, 0.3) is 0 Å². The molecule has 6 atom stereocenters. The number of unbranched alkanes of at least 4 members (excludes halogenated alkanes) is 17. The Kier molecular flexibility index (Phi) is 24.2. The van der Waals surface area contributed by atoms with E-state index in [1.54, 1.807) is 0 Å². The fraction of sp³-hybridized carbons (Fsp3) is 0.882. The van der Waals surface area contributed by atoms with Crippen LogP contribution in [-0.4, -0.2) is 88.7 Å². The lowest BCUT2D eigenvalue weighted by Crippen LogP contribution is -2.60. The van der Waals surface area contributed by atoms with Crippen LogP contribution >= 0.6 is 0 Å². The molecule has 1 fully saturated rings. The minimum absolute atomic E-state index is 0.271. The van der Waals surface area contributed by atoms with Gasteiger partial charge in [-0.15, -0.1) is 12.3 Å². The molecule has 1 rings (SSSR count). The van der Waals surface area contributed by atoms with E-state index in [2.05, 4.69) is 23.5 Å². The second kappa shape index (κ2) is 26.5. The molecule has 0 bridgehead atoms. The van der Waals surface area contributed by atoms with Gasteiger partial charge in [-0.2, -0.15) is 0 Å². The molecule has 256 valence electrons. The van der Waals surface area contributed by atoms with Crippen molar-refractivity contribution in [3.63, 3.8) is 0 Å². The summed E-state index contributed by atoms with van der Waals surface area (Å²) in [7, 11) is 0. The Morgan fingerprint density at radius 1 is 0.795 bits per heavy atom. The van der Waals surface area contributed by atoms with Crippen LogP contribution in [-0.2, 0) is 19.1 Å². The van der Waals surface area contributed by atoms with Crippen LogP contribution in [0.5, 0.6) is 0 Å². The summed E-state index contributed by atoms with van der Waals surface area (Å²) >= 11 is 0. The number of rotatable bonds is 27. The third-order valence-electron chi connectivity index (χ3n) is 8.23. The van der Waals surface area contributed by atoms with Gasteiger partial charge in [-0.25, -0.2) is 0 Å². The van der Waals surface area contributed by atoms with Crippen molar-refractivity contribution in [2.24, 2.45) is 0 Å². The Morgan fingerprint density at radius 2 is 1.34 bits per heavy atom. The fourth-order valence-corrected chi connectivity index (χ4v) is 5.37. The second-order valence-electron chi connectivity index (χ2n) is 12.2. The Balaban J connectivity index is 2.45. The summed E-state index contributed by atoms with van der Waals surface area (Å²) in [6, 6.07) is -1.03. The molecule has 10 heteroatoms. The van der Waals surface area contributed by atoms with Crippen molar-refractivity contribution in [2.75, 3.05) is 19.8 Å². The number of hydrogen-bond donors (Lipinski definition) is 6. The largest absolute Gasteiger partial charge is 0.394 e. The summed E-state index contributed by atoms with van der Waals surface area (Å²) in [5.74, 6) is 1.96. The molecule has 1 heterocycles. The molecule has 0 spiro atoms. The van der Waals surface area contributed by atoms with Crippen LogP contribution in [0, 0.1) is 12.3 Å². The van der Waals surface area contributed by atoms with Crippen molar-refractivity contribution >= 4 is 11.8 Å². The quantitative estimate of drug-likeness (QED) is 0.0593. The summed E-state index contributed by atoms with van der Waals surface area (Å²) in [6.07, 6.45) is 19.5. The molecule has 1 aliphatic heterocycles. The first-order valence-corrected chi connectivity index (χ1v) is 17.3. The maximum Gasteiger partial charge on any atom is 0.244 e. The zero-order valence-corrected chi connectivity index (χ0v) is 27.2. The molecule has 1 saturated heterocycles. The van der Waals surface area contributed by atoms with Gasteiger partial charge < -0.3 is 40.5 Å². The van der Waals surface area contributed by atoms with Gasteiger partial charge in [0.15, 0.2) is 6.29 Å². The second-order valence-corrected chi connectivity index (χ2v) is 12.2. The van der Waals surface area contributed by atoms with Crippen molar-refractivity contribution < 1.29 is 39.5 Å². The number of carbonyl (C=O) groups is 2. The summed E-state index contributed by atoms with van der Waals surface area (Å²) in [5, 5.41) is 45.4. The summed E-state index contributed by atoms with van der Waals surface area (Å²) in [4.78, 5) is 25.7. The summed E-state index contributed by atoms with van der Waals surface area (Å²) in [5.41, 5.74) is 0. The van der Waals surface area contributed by atoms with Gasteiger partial charge in [0.2, 0.25) is 11.8 Å². The van der Waals surface area contributed by atoms with Crippen molar-refractivity contribution in [3.8, 4) is 12.3 Å². The number of ether oxygens (including phenoxy) is 2. The Hall–Kier alpha value is -1.74. The number of hydrogen-bond acceptors (Lipinski definition) is 8. The first kappa shape index (κ1) is 40.3. The van der Waals surface area contributed by atoms with Gasteiger partial charge in [0.1, 0.15) is 30.5 Å². The minimum Gasteiger partial charge on any atom is -0.394 e. The minimum atomic E-state index is -1.59. The van der Waals surface area contributed by atoms with Gasteiger partial charge in [0, 0.05) is 19.4 Å². The molecule has 2 amide bonds. The van der Waals surface area contributed by atoms with E-state index >= 15 is 0 Å². The molecule has 0 saturated carbocycles. The molecule has 1 aliphatic rings. The van der Waals surface area contributed by atoms with Crippen molar-refractivity contribution in [3.05, 3.63) is 0 Å². The fourth-order valence-electron chi connectivity index (χ4n) is 5.37. The maximum atomic E-state index is 13.0. The lowest BCUT2D eigenvalue weighted by molar-refractivity contribution is -0.301. The van der Waals surface area contributed by atoms with E-state index in [1.807, 2.05) is 0 Å². The molecule has 10 nitrogen and oxygen atoms in total. The average molecular weight is 627 g/mol. The molecule has 0 unspecified atom stereocenters. The third-order valence-corrected chi connectivity index (χ3v) is 8.23. The van der Waals surface area contributed by atoms with Crippen LogP contribution in [0.2, 0.25) is 0 Å². The Bertz CT molecular complexity index is 775. The van der Waals surface area contributed by atoms with Gasteiger partial charge in [-0.1, -0.05) is 103 Å². The highest BCUT2D eigenvalue weighted by Gasteiger charge is 2.44. The predicted octanol–water partition coefficient (Wildman–Crippen LogP) is 3.86. The number of nitrogens with one attached hydrogen (secondary N) is 2. The average Bonchev–Trinajstić information content (AvgIpc) is 3.02. The Morgan fingerprint density at radius 3 is 1.91 bits per heavy atom. The van der Waals surface area contributed by atoms with E-state index < -0.39 is 49.3 Å². The van der Waals surface area contributed by atoms with Gasteiger partial charge in [-0.3, -0.25) is 9.59 Å². The molecule has 6 N–H and O–H groups in total. The SMILES string of the molecule is C#CCCCCCCCCC(=O)N[C@@H](CO[C@H]1O[C@H](CO)[C@H](O)[C@H](O)[C@H]1O)C(=O)NCCCCCCCCCCCCCC. The van der Waals surface area contributed by atoms with Crippen LogP contribution in [0.3, 0.4) is 0 Å². The molecular formula is C34H62N2O8. The highest BCUT2D eigenvalue weighted by atomic mass is 16.7. The normalized spacial score (nSPS) is 22.3. The smallest absolute Gasteiger partial charge is 0.244 e. The first-order valence-electron chi connectivity index (χ1n) is 17.3. The zero-order valence-electron chi connectivity index (χ0n) is 27.2. The lowest BCUT2D eigenvalue weighted by Gasteiger charge is -2.39. The molecule has 0 radical (unpaired) electrons. The van der Waals surface area contributed by atoms with E-state index in [4.69, 9.17) is 15.9 Å². The van der Waals surface area contributed by atoms with Crippen LogP contribution < -0.4 is 10.6 Å². The molecule has 44 heavy (non-hydrogen) atoms. The molecule has 0 aromatic rings.